The van der Waals surface area contributed by atoms with E-state index < -0.39 is 0 Å². The molecule has 0 atom stereocenters. The molecule has 0 unspecified atom stereocenters. The molecule has 26 heavy (non-hydrogen) atoms. The van der Waals surface area contributed by atoms with Crippen LogP contribution in [0.5, 0.6) is 5.75 Å². The molecule has 4 rings (SSSR count). The number of amides is 1. The van der Waals surface area contributed by atoms with Gasteiger partial charge in [0.1, 0.15) is 5.75 Å². The summed E-state index contributed by atoms with van der Waals surface area (Å²) >= 11 is 6.22. The van der Waals surface area contributed by atoms with Crippen LogP contribution in [0.2, 0.25) is 5.02 Å². The number of fused-ring (bicyclic) bond motifs is 1. The Bertz CT molecular complexity index is 983. The number of rotatable bonds is 3. The quantitative estimate of drug-likeness (QED) is 0.763. The van der Waals surface area contributed by atoms with Crippen LogP contribution in [0.25, 0.3) is 5.69 Å². The van der Waals surface area contributed by atoms with Gasteiger partial charge in [-0.05, 0) is 55.7 Å². The zero-order chi connectivity index (χ0) is 18.1. The summed E-state index contributed by atoms with van der Waals surface area (Å²) in [4.78, 5) is 12.6. The molecule has 1 aliphatic heterocycles. The summed E-state index contributed by atoms with van der Waals surface area (Å²) in [5, 5.41) is 11.5. The second-order valence-electron chi connectivity index (χ2n) is 6.12. The predicted octanol–water partition coefficient (Wildman–Crippen LogP) is 3.81. The van der Waals surface area contributed by atoms with Gasteiger partial charge >= 0.3 is 0 Å². The Labute approximate surface area is 155 Å². The van der Waals surface area contributed by atoms with Gasteiger partial charge in [0.25, 0.3) is 5.91 Å². The molecule has 0 bridgehead atoms. The van der Waals surface area contributed by atoms with E-state index in [4.69, 9.17) is 16.3 Å². The van der Waals surface area contributed by atoms with Crippen LogP contribution in [0.3, 0.4) is 0 Å². The number of hydrogen-bond donors (Lipinski definition) is 1. The van der Waals surface area contributed by atoms with Crippen molar-refractivity contribution in [2.24, 2.45) is 0 Å². The van der Waals surface area contributed by atoms with Crippen LogP contribution < -0.4 is 10.1 Å². The van der Waals surface area contributed by atoms with Gasteiger partial charge in [-0.25, -0.2) is 4.68 Å². The summed E-state index contributed by atoms with van der Waals surface area (Å²) in [6, 6.07) is 13.0. The maximum Gasteiger partial charge on any atom is 0.278 e. The van der Waals surface area contributed by atoms with Crippen LogP contribution in [-0.4, -0.2) is 27.5 Å². The van der Waals surface area contributed by atoms with E-state index in [-0.39, 0.29) is 11.6 Å². The van der Waals surface area contributed by atoms with Gasteiger partial charge in [-0.2, -0.15) is 0 Å². The number of halogens is 1. The van der Waals surface area contributed by atoms with Crippen molar-refractivity contribution in [2.75, 3.05) is 11.9 Å². The Balaban J connectivity index is 1.59. The van der Waals surface area contributed by atoms with Crippen LogP contribution >= 0.6 is 11.6 Å². The third-order valence-electron chi connectivity index (χ3n) is 4.36. The monoisotopic (exact) mass is 368 g/mol. The molecule has 0 saturated heterocycles. The lowest BCUT2D eigenvalue weighted by molar-refractivity contribution is 0.102. The molecule has 1 N–H and O–H groups in total. The molecule has 0 aliphatic carbocycles. The van der Waals surface area contributed by atoms with Gasteiger partial charge in [0, 0.05) is 5.69 Å². The highest BCUT2D eigenvalue weighted by Crippen LogP contribution is 2.28. The fourth-order valence-electron chi connectivity index (χ4n) is 3.02. The maximum atomic E-state index is 12.6. The first-order valence-corrected chi connectivity index (χ1v) is 8.75. The summed E-state index contributed by atoms with van der Waals surface area (Å²) in [6.45, 7) is 2.53. The van der Waals surface area contributed by atoms with E-state index in [2.05, 4.69) is 15.6 Å². The Kier molecular flexibility index (Phi) is 4.34. The molecule has 0 fully saturated rings. The second-order valence-corrected chi connectivity index (χ2v) is 6.52. The summed E-state index contributed by atoms with van der Waals surface area (Å²) in [6.07, 6.45) is 1.93. The summed E-state index contributed by atoms with van der Waals surface area (Å²) in [5.74, 6) is 0.576. The standard InChI is InChI=1S/C19H17ClN4O2/c1-12-18(22-23-24(12)16-7-3-2-6-15(16)20)19(25)21-14-8-9-17-13(11-14)5-4-10-26-17/h2-3,6-9,11H,4-5,10H2,1H3,(H,21,25). The van der Waals surface area contributed by atoms with E-state index in [1.807, 2.05) is 36.4 Å². The van der Waals surface area contributed by atoms with Gasteiger partial charge < -0.3 is 10.1 Å². The highest BCUT2D eigenvalue weighted by molar-refractivity contribution is 6.32. The normalized spacial score (nSPS) is 13.0. The smallest absolute Gasteiger partial charge is 0.278 e. The Hall–Kier alpha value is -2.86. The second kappa shape index (κ2) is 6.80. The van der Waals surface area contributed by atoms with Crippen molar-refractivity contribution in [1.29, 1.82) is 0 Å². The van der Waals surface area contributed by atoms with E-state index in [0.29, 0.717) is 22.1 Å². The molecular weight excluding hydrogens is 352 g/mol. The minimum atomic E-state index is -0.308. The van der Waals surface area contributed by atoms with Gasteiger partial charge in [-0.3, -0.25) is 4.79 Å². The lowest BCUT2D eigenvalue weighted by Gasteiger charge is -2.17. The van der Waals surface area contributed by atoms with Crippen molar-refractivity contribution in [3.8, 4) is 11.4 Å². The lowest BCUT2D eigenvalue weighted by Crippen LogP contribution is -2.15. The summed E-state index contributed by atoms with van der Waals surface area (Å²) < 4.78 is 7.17. The minimum absolute atomic E-state index is 0.263. The molecule has 2 aromatic carbocycles. The molecule has 7 heteroatoms. The average molecular weight is 369 g/mol. The number of benzene rings is 2. The number of ether oxygens (including phenoxy) is 1. The molecule has 2 heterocycles. The third-order valence-corrected chi connectivity index (χ3v) is 4.68. The number of nitrogens with one attached hydrogen (secondary N) is 1. The van der Waals surface area contributed by atoms with E-state index >= 15 is 0 Å². The summed E-state index contributed by atoms with van der Waals surface area (Å²) in [5.41, 5.74) is 3.39. The van der Waals surface area contributed by atoms with Crippen molar-refractivity contribution in [2.45, 2.75) is 19.8 Å². The van der Waals surface area contributed by atoms with Crippen LogP contribution in [0.4, 0.5) is 5.69 Å². The van der Waals surface area contributed by atoms with Crippen LogP contribution in [0.15, 0.2) is 42.5 Å². The number of anilines is 1. The fourth-order valence-corrected chi connectivity index (χ4v) is 3.24. The third kappa shape index (κ3) is 3.04. The molecule has 6 nitrogen and oxygen atoms in total. The Morgan fingerprint density at radius 1 is 1.27 bits per heavy atom. The SMILES string of the molecule is Cc1c(C(=O)Nc2ccc3c(c2)CCCO3)nnn1-c1ccccc1Cl. The van der Waals surface area contributed by atoms with Gasteiger partial charge in [-0.1, -0.05) is 28.9 Å². The van der Waals surface area contributed by atoms with Crippen molar-refractivity contribution in [3.05, 3.63) is 64.4 Å². The van der Waals surface area contributed by atoms with E-state index in [9.17, 15) is 4.79 Å². The number of aryl methyl sites for hydroxylation is 1. The van der Waals surface area contributed by atoms with Crippen molar-refractivity contribution in [1.82, 2.24) is 15.0 Å². The number of carbonyl (C=O) groups excluding carboxylic acids is 1. The van der Waals surface area contributed by atoms with E-state index in [1.54, 1.807) is 17.7 Å². The van der Waals surface area contributed by atoms with Gasteiger partial charge in [0.05, 0.1) is 23.0 Å². The molecule has 0 saturated carbocycles. The first kappa shape index (κ1) is 16.6. The number of hydrogen-bond acceptors (Lipinski definition) is 4. The first-order chi connectivity index (χ1) is 12.6. The van der Waals surface area contributed by atoms with Crippen LogP contribution in [0, 0.1) is 6.92 Å². The largest absolute Gasteiger partial charge is 0.493 e. The van der Waals surface area contributed by atoms with Crippen molar-refractivity contribution >= 4 is 23.2 Å². The van der Waals surface area contributed by atoms with Gasteiger partial charge in [0.2, 0.25) is 0 Å². The zero-order valence-electron chi connectivity index (χ0n) is 14.2. The van der Waals surface area contributed by atoms with Crippen molar-refractivity contribution in [3.63, 3.8) is 0 Å². The molecule has 132 valence electrons. The topological polar surface area (TPSA) is 69.0 Å². The molecule has 0 spiro atoms. The highest BCUT2D eigenvalue weighted by atomic mass is 35.5. The Morgan fingerprint density at radius 3 is 2.96 bits per heavy atom. The molecule has 0 radical (unpaired) electrons. The number of nitrogens with zero attached hydrogens (tertiary/aromatic N) is 3. The van der Waals surface area contributed by atoms with Gasteiger partial charge in [0.15, 0.2) is 5.69 Å². The molecular formula is C19H17ClN4O2. The average Bonchev–Trinajstić information content (AvgIpc) is 3.03. The van der Waals surface area contributed by atoms with E-state index in [1.165, 1.54) is 0 Å². The van der Waals surface area contributed by atoms with Crippen LogP contribution in [-0.2, 0) is 6.42 Å². The maximum absolute atomic E-state index is 12.6. The molecule has 3 aromatic rings. The highest BCUT2D eigenvalue weighted by Gasteiger charge is 2.19. The number of aromatic nitrogens is 3. The Morgan fingerprint density at radius 2 is 2.12 bits per heavy atom. The minimum Gasteiger partial charge on any atom is -0.493 e. The fraction of sp³-hybridized carbons (Fsp3) is 0.211. The zero-order valence-corrected chi connectivity index (χ0v) is 15.0. The van der Waals surface area contributed by atoms with E-state index in [0.717, 1.165) is 30.8 Å². The molecule has 1 amide bonds. The number of carbonyl (C=O) groups is 1. The first-order valence-electron chi connectivity index (χ1n) is 8.38. The lowest BCUT2D eigenvalue weighted by atomic mass is 10.1. The van der Waals surface area contributed by atoms with Gasteiger partial charge in [-0.15, -0.1) is 5.10 Å². The molecule has 1 aromatic heterocycles. The summed E-state index contributed by atoms with van der Waals surface area (Å²) in [7, 11) is 0. The molecule has 1 aliphatic rings. The van der Waals surface area contributed by atoms with Crippen molar-refractivity contribution < 1.29 is 9.53 Å². The predicted molar refractivity (Wildman–Crippen MR) is 99.3 cm³/mol. The van der Waals surface area contributed by atoms with Crippen LogP contribution in [0.1, 0.15) is 28.2 Å². The number of para-hydroxylation sites is 1.